The number of para-hydroxylation sites is 1. The van der Waals surface area contributed by atoms with Crippen LogP contribution in [0.4, 0.5) is 0 Å². The van der Waals surface area contributed by atoms with E-state index in [1.54, 1.807) is 0 Å². The van der Waals surface area contributed by atoms with E-state index in [0.717, 1.165) is 40.8 Å². The normalized spacial score (nSPS) is 12.8. The molecular formula is C22H23N3O3. The van der Waals surface area contributed by atoms with E-state index in [1.165, 1.54) is 0 Å². The van der Waals surface area contributed by atoms with Crippen molar-refractivity contribution in [2.24, 2.45) is 5.73 Å². The second-order valence-corrected chi connectivity index (χ2v) is 6.68. The topological polar surface area (TPSA) is 86.5 Å². The zero-order valence-electron chi connectivity index (χ0n) is 15.6. The number of benzene rings is 2. The number of carbonyl (C=O) groups is 1. The quantitative estimate of drug-likeness (QED) is 0.645. The van der Waals surface area contributed by atoms with Crippen molar-refractivity contribution in [3.63, 3.8) is 0 Å². The standard InChI is InChI=1S/C22H23N3O3/c23-9-3-4-10-24-22(26)17-14-19(25-18-6-2-1-5-16(17)18)15-7-8-20-21(13-15)28-12-11-27-20/h1-2,5-8,13-14H,3-4,9-12,23H2,(H,24,26). The fourth-order valence-corrected chi connectivity index (χ4v) is 3.28. The van der Waals surface area contributed by atoms with Gasteiger partial charge in [-0.3, -0.25) is 4.79 Å². The van der Waals surface area contributed by atoms with Crippen molar-refractivity contribution in [2.75, 3.05) is 26.3 Å². The van der Waals surface area contributed by atoms with Crippen molar-refractivity contribution < 1.29 is 14.3 Å². The van der Waals surface area contributed by atoms with E-state index in [2.05, 4.69) is 5.32 Å². The summed E-state index contributed by atoms with van der Waals surface area (Å²) in [6, 6.07) is 15.2. The number of nitrogens with zero attached hydrogens (tertiary/aromatic N) is 1. The van der Waals surface area contributed by atoms with Gasteiger partial charge < -0.3 is 20.5 Å². The minimum atomic E-state index is -0.102. The van der Waals surface area contributed by atoms with Crippen molar-refractivity contribution in [3.05, 3.63) is 54.1 Å². The summed E-state index contributed by atoms with van der Waals surface area (Å²) in [5.41, 5.74) is 8.52. The van der Waals surface area contributed by atoms with Crippen LogP contribution in [-0.4, -0.2) is 37.2 Å². The lowest BCUT2D eigenvalue weighted by molar-refractivity contribution is 0.0954. The van der Waals surface area contributed by atoms with Gasteiger partial charge in [0.05, 0.1) is 16.8 Å². The second-order valence-electron chi connectivity index (χ2n) is 6.68. The summed E-state index contributed by atoms with van der Waals surface area (Å²) in [4.78, 5) is 17.6. The summed E-state index contributed by atoms with van der Waals surface area (Å²) in [5.74, 6) is 1.33. The molecule has 0 saturated heterocycles. The van der Waals surface area contributed by atoms with Gasteiger partial charge in [-0.2, -0.15) is 0 Å². The van der Waals surface area contributed by atoms with Crippen LogP contribution in [0.2, 0.25) is 0 Å². The molecule has 1 aliphatic rings. The number of nitrogens with one attached hydrogen (secondary N) is 1. The molecule has 3 aromatic rings. The first kappa shape index (κ1) is 18.3. The highest BCUT2D eigenvalue weighted by atomic mass is 16.6. The van der Waals surface area contributed by atoms with Gasteiger partial charge >= 0.3 is 0 Å². The van der Waals surface area contributed by atoms with E-state index in [9.17, 15) is 4.79 Å². The predicted octanol–water partition coefficient (Wildman–Crippen LogP) is 3.14. The van der Waals surface area contributed by atoms with E-state index in [4.69, 9.17) is 20.2 Å². The van der Waals surface area contributed by atoms with Crippen molar-refractivity contribution in [1.29, 1.82) is 0 Å². The van der Waals surface area contributed by atoms with Gasteiger partial charge in [-0.05, 0) is 49.7 Å². The lowest BCUT2D eigenvalue weighted by atomic mass is 10.0. The number of hydrogen-bond acceptors (Lipinski definition) is 5. The van der Waals surface area contributed by atoms with Crippen LogP contribution in [0.25, 0.3) is 22.2 Å². The van der Waals surface area contributed by atoms with Crippen LogP contribution in [0, 0.1) is 0 Å². The van der Waals surface area contributed by atoms with Crippen LogP contribution in [-0.2, 0) is 0 Å². The lowest BCUT2D eigenvalue weighted by Crippen LogP contribution is -2.25. The summed E-state index contributed by atoms with van der Waals surface area (Å²) in [6.45, 7) is 2.31. The number of aromatic nitrogens is 1. The minimum Gasteiger partial charge on any atom is -0.486 e. The molecule has 0 fully saturated rings. The van der Waals surface area contributed by atoms with Crippen molar-refractivity contribution in [1.82, 2.24) is 10.3 Å². The number of rotatable bonds is 6. The fraction of sp³-hybridized carbons (Fsp3) is 0.273. The zero-order chi connectivity index (χ0) is 19.3. The third-order valence-electron chi connectivity index (χ3n) is 4.72. The molecule has 0 atom stereocenters. The Morgan fingerprint density at radius 1 is 1.04 bits per heavy atom. The van der Waals surface area contributed by atoms with Gasteiger partial charge in [-0.1, -0.05) is 18.2 Å². The van der Waals surface area contributed by atoms with Gasteiger partial charge in [-0.15, -0.1) is 0 Å². The molecule has 0 radical (unpaired) electrons. The molecule has 3 N–H and O–H groups in total. The largest absolute Gasteiger partial charge is 0.486 e. The van der Waals surface area contributed by atoms with Crippen LogP contribution in [0.15, 0.2) is 48.5 Å². The molecule has 1 aromatic heterocycles. The Balaban J connectivity index is 1.71. The molecule has 6 heteroatoms. The number of carbonyl (C=O) groups excluding carboxylic acids is 1. The monoisotopic (exact) mass is 377 g/mol. The maximum atomic E-state index is 12.8. The number of ether oxygens (including phenoxy) is 2. The smallest absolute Gasteiger partial charge is 0.252 e. The second kappa shape index (κ2) is 8.27. The number of fused-ring (bicyclic) bond motifs is 2. The minimum absolute atomic E-state index is 0.102. The van der Waals surface area contributed by atoms with Crippen LogP contribution in [0.3, 0.4) is 0 Å². The molecule has 2 heterocycles. The van der Waals surface area contributed by atoms with Crippen molar-refractivity contribution in [3.8, 4) is 22.8 Å². The molecule has 0 spiro atoms. The molecule has 28 heavy (non-hydrogen) atoms. The van der Waals surface area contributed by atoms with E-state index in [1.807, 2.05) is 48.5 Å². The number of pyridine rings is 1. The molecule has 4 rings (SSSR count). The summed E-state index contributed by atoms with van der Waals surface area (Å²) in [6.07, 6.45) is 1.75. The zero-order valence-corrected chi connectivity index (χ0v) is 15.6. The lowest BCUT2D eigenvalue weighted by Gasteiger charge is -2.19. The van der Waals surface area contributed by atoms with Gasteiger partial charge in [0.2, 0.25) is 0 Å². The third-order valence-corrected chi connectivity index (χ3v) is 4.72. The Kier molecular flexibility index (Phi) is 5.39. The maximum absolute atomic E-state index is 12.8. The first-order valence-corrected chi connectivity index (χ1v) is 9.54. The van der Waals surface area contributed by atoms with Crippen LogP contribution < -0.4 is 20.5 Å². The molecule has 1 aliphatic heterocycles. The van der Waals surface area contributed by atoms with Crippen LogP contribution >= 0.6 is 0 Å². The highest BCUT2D eigenvalue weighted by Crippen LogP contribution is 2.35. The molecule has 0 saturated carbocycles. The Morgan fingerprint density at radius 2 is 1.86 bits per heavy atom. The predicted molar refractivity (Wildman–Crippen MR) is 109 cm³/mol. The summed E-state index contributed by atoms with van der Waals surface area (Å²) in [7, 11) is 0. The molecule has 0 aliphatic carbocycles. The highest BCUT2D eigenvalue weighted by Gasteiger charge is 2.16. The number of amides is 1. The Morgan fingerprint density at radius 3 is 2.71 bits per heavy atom. The van der Waals surface area contributed by atoms with Crippen molar-refractivity contribution in [2.45, 2.75) is 12.8 Å². The van der Waals surface area contributed by atoms with E-state index in [-0.39, 0.29) is 5.91 Å². The molecule has 144 valence electrons. The Labute approximate surface area is 163 Å². The molecule has 2 aromatic carbocycles. The van der Waals surface area contributed by atoms with Crippen molar-refractivity contribution >= 4 is 16.8 Å². The Bertz CT molecular complexity index is 1000. The molecular weight excluding hydrogens is 354 g/mol. The number of nitrogens with two attached hydrogens (primary N) is 1. The highest BCUT2D eigenvalue weighted by molar-refractivity contribution is 6.07. The molecule has 1 amide bonds. The molecule has 6 nitrogen and oxygen atoms in total. The summed E-state index contributed by atoms with van der Waals surface area (Å²) >= 11 is 0. The molecule has 0 unspecified atom stereocenters. The van der Waals surface area contributed by atoms with E-state index >= 15 is 0 Å². The van der Waals surface area contributed by atoms with E-state index < -0.39 is 0 Å². The fourth-order valence-electron chi connectivity index (χ4n) is 3.28. The first-order valence-electron chi connectivity index (χ1n) is 9.54. The van der Waals surface area contributed by atoms with Crippen LogP contribution in [0.5, 0.6) is 11.5 Å². The number of hydrogen-bond donors (Lipinski definition) is 2. The summed E-state index contributed by atoms with van der Waals surface area (Å²) in [5, 5.41) is 3.82. The van der Waals surface area contributed by atoms with Crippen LogP contribution in [0.1, 0.15) is 23.2 Å². The van der Waals surface area contributed by atoms with Gasteiger partial charge in [0.15, 0.2) is 11.5 Å². The van der Waals surface area contributed by atoms with Gasteiger partial charge in [0.25, 0.3) is 5.91 Å². The number of unbranched alkanes of at least 4 members (excludes halogenated alkanes) is 1. The average Bonchev–Trinajstić information content (AvgIpc) is 2.75. The van der Waals surface area contributed by atoms with E-state index in [0.29, 0.717) is 37.6 Å². The average molecular weight is 377 g/mol. The maximum Gasteiger partial charge on any atom is 0.252 e. The summed E-state index contributed by atoms with van der Waals surface area (Å²) < 4.78 is 11.3. The van der Waals surface area contributed by atoms with Gasteiger partial charge in [0, 0.05) is 17.5 Å². The van der Waals surface area contributed by atoms with Gasteiger partial charge in [-0.25, -0.2) is 4.98 Å². The first-order chi connectivity index (χ1) is 13.8. The Hall–Kier alpha value is -3.12. The SMILES string of the molecule is NCCCCNC(=O)c1cc(-c2ccc3c(c2)OCCO3)nc2ccccc12. The van der Waals surface area contributed by atoms with Gasteiger partial charge in [0.1, 0.15) is 13.2 Å². The molecule has 0 bridgehead atoms. The third kappa shape index (κ3) is 3.77.